The molecule has 1 fully saturated rings. The molecule has 5 nitrogen and oxygen atoms in total. The topological polar surface area (TPSA) is 78.6 Å². The van der Waals surface area contributed by atoms with E-state index in [1.54, 1.807) is 0 Å². The molecule has 7 heteroatoms. The summed E-state index contributed by atoms with van der Waals surface area (Å²) in [5, 5.41) is 0. The van der Waals surface area contributed by atoms with Crippen molar-refractivity contribution in [3.8, 4) is 0 Å². The zero-order valence-corrected chi connectivity index (χ0v) is 10.7. The van der Waals surface area contributed by atoms with Gasteiger partial charge in [0.1, 0.15) is 5.82 Å². The number of anilines is 1. The highest BCUT2D eigenvalue weighted by Crippen LogP contribution is 2.24. The molecule has 0 aromatic heterocycles. The minimum atomic E-state index is -0.907. The lowest BCUT2D eigenvalue weighted by Gasteiger charge is -2.10. The maximum atomic E-state index is 13.1. The van der Waals surface area contributed by atoms with Crippen molar-refractivity contribution >= 4 is 33.6 Å². The first kappa shape index (κ1) is 12.8. The highest BCUT2D eigenvalue weighted by atomic mass is 79.9. The standard InChI is InChI=1S/C11H9BrFNO4/c12-6-4-7(13)8(14)3-5(6)10(15)18-9-1-2-17-11(9)16/h3-4,9H,1-2,14H2. The van der Waals surface area contributed by atoms with Gasteiger partial charge in [-0.15, -0.1) is 0 Å². The molecule has 1 aromatic carbocycles. The Bertz CT molecular complexity index is 520. The lowest BCUT2D eigenvalue weighted by molar-refractivity contribution is -0.145. The lowest BCUT2D eigenvalue weighted by Crippen LogP contribution is -2.23. The number of nitrogen functional groups attached to an aromatic ring is 1. The van der Waals surface area contributed by atoms with Gasteiger partial charge in [0.05, 0.1) is 17.9 Å². The first-order valence-corrected chi connectivity index (χ1v) is 5.90. The number of benzene rings is 1. The number of hydrogen-bond acceptors (Lipinski definition) is 5. The van der Waals surface area contributed by atoms with Gasteiger partial charge in [0, 0.05) is 10.9 Å². The summed E-state index contributed by atoms with van der Waals surface area (Å²) in [6.07, 6.45) is -0.588. The molecule has 0 aliphatic carbocycles. The summed E-state index contributed by atoms with van der Waals surface area (Å²) in [5.74, 6) is -1.97. The van der Waals surface area contributed by atoms with Crippen LogP contribution in [-0.4, -0.2) is 24.6 Å². The van der Waals surface area contributed by atoms with Crippen molar-refractivity contribution in [2.75, 3.05) is 12.3 Å². The van der Waals surface area contributed by atoms with Crippen molar-refractivity contribution in [2.45, 2.75) is 12.5 Å². The number of nitrogens with two attached hydrogens (primary N) is 1. The van der Waals surface area contributed by atoms with E-state index >= 15 is 0 Å². The van der Waals surface area contributed by atoms with Crippen LogP contribution >= 0.6 is 15.9 Å². The van der Waals surface area contributed by atoms with Gasteiger partial charge in [-0.05, 0) is 28.1 Å². The quantitative estimate of drug-likeness (QED) is 0.662. The van der Waals surface area contributed by atoms with Crippen LogP contribution in [0.2, 0.25) is 0 Å². The average Bonchev–Trinajstić information content (AvgIpc) is 2.69. The maximum Gasteiger partial charge on any atom is 0.347 e. The van der Waals surface area contributed by atoms with Gasteiger partial charge in [0.2, 0.25) is 6.10 Å². The van der Waals surface area contributed by atoms with E-state index in [0.717, 1.165) is 12.1 Å². The molecule has 0 radical (unpaired) electrons. The van der Waals surface area contributed by atoms with Gasteiger partial charge in [0.25, 0.3) is 0 Å². The van der Waals surface area contributed by atoms with E-state index in [1.165, 1.54) is 0 Å². The molecule has 96 valence electrons. The lowest BCUT2D eigenvalue weighted by atomic mass is 10.2. The molecule has 1 aliphatic rings. The largest absolute Gasteiger partial charge is 0.463 e. The maximum absolute atomic E-state index is 13.1. The van der Waals surface area contributed by atoms with Crippen molar-refractivity contribution in [2.24, 2.45) is 0 Å². The number of ether oxygens (including phenoxy) is 2. The van der Waals surface area contributed by atoms with Gasteiger partial charge in [0.15, 0.2) is 0 Å². The van der Waals surface area contributed by atoms with Crippen LogP contribution in [0.1, 0.15) is 16.8 Å². The normalized spacial score (nSPS) is 18.6. The Balaban J connectivity index is 2.18. The third-order valence-electron chi connectivity index (χ3n) is 2.44. The molecular weight excluding hydrogens is 309 g/mol. The number of esters is 2. The first-order valence-electron chi connectivity index (χ1n) is 5.11. The van der Waals surface area contributed by atoms with Crippen LogP contribution in [0, 0.1) is 5.82 Å². The summed E-state index contributed by atoms with van der Waals surface area (Å²) in [5.41, 5.74) is 5.26. The second kappa shape index (κ2) is 4.93. The Kier molecular flexibility index (Phi) is 3.51. The summed E-state index contributed by atoms with van der Waals surface area (Å²) in [7, 11) is 0. The number of hydrogen-bond donors (Lipinski definition) is 1. The Hall–Kier alpha value is -1.63. The Labute approximate surface area is 110 Å². The van der Waals surface area contributed by atoms with Gasteiger partial charge in [-0.2, -0.15) is 0 Å². The van der Waals surface area contributed by atoms with Crippen LogP contribution in [0.4, 0.5) is 10.1 Å². The Morgan fingerprint density at radius 1 is 1.56 bits per heavy atom. The number of carbonyl (C=O) groups is 2. The summed E-state index contributed by atoms with van der Waals surface area (Å²) in [6.45, 7) is 0.226. The molecule has 0 amide bonds. The van der Waals surface area contributed by atoms with E-state index in [2.05, 4.69) is 20.7 Å². The van der Waals surface area contributed by atoms with E-state index in [0.29, 0.717) is 6.42 Å². The van der Waals surface area contributed by atoms with Crippen LogP contribution < -0.4 is 5.73 Å². The van der Waals surface area contributed by atoms with Gasteiger partial charge in [-0.3, -0.25) is 0 Å². The molecule has 2 N–H and O–H groups in total. The Morgan fingerprint density at radius 3 is 2.89 bits per heavy atom. The molecule has 1 aliphatic heterocycles. The van der Waals surface area contributed by atoms with Gasteiger partial charge in [-0.25, -0.2) is 14.0 Å². The number of carbonyl (C=O) groups excluding carboxylic acids is 2. The van der Waals surface area contributed by atoms with E-state index in [9.17, 15) is 14.0 Å². The van der Waals surface area contributed by atoms with Crippen LogP contribution in [0.5, 0.6) is 0 Å². The van der Waals surface area contributed by atoms with E-state index < -0.39 is 23.9 Å². The molecule has 1 heterocycles. The van der Waals surface area contributed by atoms with Crippen molar-refractivity contribution < 1.29 is 23.5 Å². The minimum absolute atomic E-state index is 0.0635. The van der Waals surface area contributed by atoms with Crippen LogP contribution in [-0.2, 0) is 14.3 Å². The highest BCUT2D eigenvalue weighted by molar-refractivity contribution is 9.10. The Morgan fingerprint density at radius 2 is 2.28 bits per heavy atom. The second-order valence-electron chi connectivity index (χ2n) is 3.70. The van der Waals surface area contributed by atoms with Crippen molar-refractivity contribution in [3.05, 3.63) is 28.0 Å². The number of cyclic esters (lactones) is 1. The average molecular weight is 318 g/mol. The molecule has 18 heavy (non-hydrogen) atoms. The van der Waals surface area contributed by atoms with Crippen molar-refractivity contribution in [1.82, 2.24) is 0 Å². The van der Waals surface area contributed by atoms with E-state index in [-0.39, 0.29) is 22.3 Å². The molecule has 1 unspecified atom stereocenters. The fourth-order valence-electron chi connectivity index (χ4n) is 1.50. The van der Waals surface area contributed by atoms with Crippen molar-refractivity contribution in [3.63, 3.8) is 0 Å². The molecule has 0 bridgehead atoms. The van der Waals surface area contributed by atoms with E-state index in [1.807, 2.05) is 0 Å². The molecule has 2 rings (SSSR count). The van der Waals surface area contributed by atoms with Gasteiger partial charge >= 0.3 is 11.9 Å². The molecule has 1 atom stereocenters. The number of halogens is 2. The van der Waals surface area contributed by atoms with Gasteiger partial charge in [-0.1, -0.05) is 0 Å². The molecule has 1 saturated heterocycles. The summed E-state index contributed by atoms with van der Waals surface area (Å²) in [6, 6.07) is 2.22. The molecular formula is C11H9BrFNO4. The first-order chi connectivity index (χ1) is 8.49. The van der Waals surface area contributed by atoms with Crippen molar-refractivity contribution in [1.29, 1.82) is 0 Å². The SMILES string of the molecule is Nc1cc(C(=O)OC2CCOC2=O)c(Br)cc1F. The number of rotatable bonds is 2. The van der Waals surface area contributed by atoms with Gasteiger partial charge < -0.3 is 15.2 Å². The third kappa shape index (κ3) is 2.45. The minimum Gasteiger partial charge on any atom is -0.463 e. The van der Waals surface area contributed by atoms with Crippen LogP contribution in [0.15, 0.2) is 16.6 Å². The second-order valence-corrected chi connectivity index (χ2v) is 4.56. The predicted octanol–water partition coefficient (Wildman–Crippen LogP) is 1.64. The van der Waals surface area contributed by atoms with Crippen LogP contribution in [0.3, 0.4) is 0 Å². The summed E-state index contributed by atoms with van der Waals surface area (Å²) >= 11 is 3.03. The fourth-order valence-corrected chi connectivity index (χ4v) is 1.98. The van der Waals surface area contributed by atoms with Crippen LogP contribution in [0.25, 0.3) is 0 Å². The zero-order chi connectivity index (χ0) is 13.3. The van der Waals surface area contributed by atoms with E-state index in [4.69, 9.17) is 10.5 Å². The predicted molar refractivity (Wildman–Crippen MR) is 63.3 cm³/mol. The summed E-state index contributed by atoms with van der Waals surface area (Å²) < 4.78 is 22.9. The zero-order valence-electron chi connectivity index (χ0n) is 9.11. The third-order valence-corrected chi connectivity index (χ3v) is 3.10. The smallest absolute Gasteiger partial charge is 0.347 e. The summed E-state index contributed by atoms with van der Waals surface area (Å²) in [4.78, 5) is 22.9. The monoisotopic (exact) mass is 317 g/mol. The molecule has 0 saturated carbocycles. The molecule has 1 aromatic rings. The highest BCUT2D eigenvalue weighted by Gasteiger charge is 2.31. The molecule has 0 spiro atoms. The fraction of sp³-hybridized carbons (Fsp3) is 0.273.